The summed E-state index contributed by atoms with van der Waals surface area (Å²) >= 11 is 0. The van der Waals surface area contributed by atoms with Gasteiger partial charge in [0.1, 0.15) is 5.54 Å². The van der Waals surface area contributed by atoms with Crippen LogP contribution in [-0.4, -0.2) is 40.6 Å². The number of nitrogens with one attached hydrogen (secondary N) is 1. The van der Waals surface area contributed by atoms with Gasteiger partial charge < -0.3 is 15.3 Å². The van der Waals surface area contributed by atoms with Crippen LogP contribution in [0.2, 0.25) is 0 Å². The van der Waals surface area contributed by atoms with Crippen LogP contribution >= 0.6 is 0 Å². The molecule has 0 bridgehead atoms. The summed E-state index contributed by atoms with van der Waals surface area (Å²) in [5.74, 6) is -0.986. The SMILES string of the molecule is CCCC(C)(NC(=O)N1CC=C(C(C)(C)C)CC1)C(=O)O. The fraction of sp³-hybridized carbons (Fsp3) is 0.750. The van der Waals surface area contributed by atoms with E-state index in [1.165, 1.54) is 5.57 Å². The van der Waals surface area contributed by atoms with Crippen molar-refractivity contribution < 1.29 is 14.7 Å². The molecule has 0 aromatic rings. The molecule has 0 aromatic carbocycles. The molecule has 0 aromatic heterocycles. The first-order valence-electron chi connectivity index (χ1n) is 7.60. The van der Waals surface area contributed by atoms with Crippen molar-refractivity contribution in [2.24, 2.45) is 5.41 Å². The number of hydrogen-bond acceptors (Lipinski definition) is 2. The van der Waals surface area contributed by atoms with Crippen LogP contribution in [0.15, 0.2) is 11.6 Å². The second kappa shape index (κ2) is 6.50. The lowest BCUT2D eigenvalue weighted by Gasteiger charge is -2.34. The number of carboxylic acids is 1. The van der Waals surface area contributed by atoms with E-state index in [-0.39, 0.29) is 11.4 Å². The Morgan fingerprint density at radius 3 is 2.33 bits per heavy atom. The monoisotopic (exact) mass is 296 g/mol. The number of amides is 2. The summed E-state index contributed by atoms with van der Waals surface area (Å²) < 4.78 is 0. The Hall–Kier alpha value is -1.52. The lowest BCUT2D eigenvalue weighted by Crippen LogP contribution is -2.56. The average Bonchev–Trinajstić information content (AvgIpc) is 2.37. The molecule has 5 nitrogen and oxygen atoms in total. The molecule has 1 aliphatic rings. The minimum absolute atomic E-state index is 0.125. The van der Waals surface area contributed by atoms with Crippen molar-refractivity contribution in [1.29, 1.82) is 0 Å². The molecule has 1 atom stereocenters. The van der Waals surface area contributed by atoms with E-state index >= 15 is 0 Å². The molecule has 0 saturated heterocycles. The van der Waals surface area contributed by atoms with Crippen molar-refractivity contribution in [3.8, 4) is 0 Å². The summed E-state index contributed by atoms with van der Waals surface area (Å²) in [5.41, 5.74) is 0.279. The summed E-state index contributed by atoms with van der Waals surface area (Å²) in [5, 5.41) is 12.0. The fourth-order valence-corrected chi connectivity index (χ4v) is 2.57. The summed E-state index contributed by atoms with van der Waals surface area (Å²) in [7, 11) is 0. The van der Waals surface area contributed by atoms with Crippen molar-refractivity contribution in [1.82, 2.24) is 10.2 Å². The third-order valence-electron chi connectivity index (χ3n) is 4.06. The summed E-state index contributed by atoms with van der Waals surface area (Å²) in [4.78, 5) is 25.3. The van der Waals surface area contributed by atoms with Gasteiger partial charge in [0.25, 0.3) is 0 Å². The maximum absolute atomic E-state index is 12.3. The van der Waals surface area contributed by atoms with Gasteiger partial charge in [-0.1, -0.05) is 45.8 Å². The van der Waals surface area contributed by atoms with E-state index < -0.39 is 11.5 Å². The summed E-state index contributed by atoms with van der Waals surface area (Å²) in [6.07, 6.45) is 4.05. The highest BCUT2D eigenvalue weighted by Gasteiger charge is 2.35. The Morgan fingerprint density at radius 1 is 1.33 bits per heavy atom. The first-order chi connectivity index (χ1) is 9.60. The molecule has 1 unspecified atom stereocenters. The van der Waals surface area contributed by atoms with Crippen molar-refractivity contribution in [3.05, 3.63) is 11.6 Å². The second-order valence-electron chi connectivity index (χ2n) is 6.99. The van der Waals surface area contributed by atoms with E-state index in [0.29, 0.717) is 25.9 Å². The third-order valence-corrected chi connectivity index (χ3v) is 4.06. The minimum Gasteiger partial charge on any atom is -0.480 e. The topological polar surface area (TPSA) is 69.6 Å². The molecular weight excluding hydrogens is 268 g/mol. The molecule has 2 N–H and O–H groups in total. The van der Waals surface area contributed by atoms with Crippen LogP contribution in [-0.2, 0) is 4.79 Å². The Bertz CT molecular complexity index is 437. The summed E-state index contributed by atoms with van der Waals surface area (Å²) in [6, 6.07) is -0.294. The van der Waals surface area contributed by atoms with Crippen molar-refractivity contribution >= 4 is 12.0 Å². The maximum atomic E-state index is 12.3. The predicted molar refractivity (Wildman–Crippen MR) is 83.2 cm³/mol. The van der Waals surface area contributed by atoms with Crippen LogP contribution in [0.25, 0.3) is 0 Å². The molecule has 0 saturated carbocycles. The van der Waals surface area contributed by atoms with Gasteiger partial charge in [-0.3, -0.25) is 0 Å². The Balaban J connectivity index is 2.70. The minimum atomic E-state index is -1.19. The van der Waals surface area contributed by atoms with Crippen molar-refractivity contribution in [3.63, 3.8) is 0 Å². The zero-order valence-electron chi connectivity index (χ0n) is 13.8. The Morgan fingerprint density at radius 2 is 1.95 bits per heavy atom. The first-order valence-corrected chi connectivity index (χ1v) is 7.60. The molecule has 5 heteroatoms. The highest BCUT2D eigenvalue weighted by atomic mass is 16.4. The molecule has 0 fully saturated rings. The Kier molecular flexibility index (Phi) is 5.42. The smallest absolute Gasteiger partial charge is 0.329 e. The van der Waals surface area contributed by atoms with Gasteiger partial charge in [0, 0.05) is 13.1 Å². The van der Waals surface area contributed by atoms with E-state index in [9.17, 15) is 14.7 Å². The standard InChI is InChI=1S/C16H28N2O3/c1-6-9-16(5,13(19)20)17-14(21)18-10-7-12(8-11-18)15(2,3)4/h7H,6,8-11H2,1-5H3,(H,17,21)(H,19,20). The number of rotatable bonds is 4. The molecule has 0 radical (unpaired) electrons. The zero-order chi connectivity index (χ0) is 16.3. The average molecular weight is 296 g/mol. The number of carbonyl (C=O) groups is 2. The van der Waals surface area contributed by atoms with Gasteiger partial charge in [-0.25, -0.2) is 9.59 Å². The van der Waals surface area contributed by atoms with Crippen molar-refractivity contribution in [2.75, 3.05) is 13.1 Å². The van der Waals surface area contributed by atoms with Crippen LogP contribution < -0.4 is 5.32 Å². The molecule has 0 spiro atoms. The second-order valence-corrected chi connectivity index (χ2v) is 6.99. The molecule has 1 rings (SSSR count). The van der Waals surface area contributed by atoms with Gasteiger partial charge in [0.05, 0.1) is 0 Å². The van der Waals surface area contributed by atoms with Crippen LogP contribution in [0.1, 0.15) is 53.9 Å². The van der Waals surface area contributed by atoms with Crippen LogP contribution in [0.3, 0.4) is 0 Å². The highest BCUT2D eigenvalue weighted by molar-refractivity contribution is 5.86. The number of nitrogens with zero attached hydrogens (tertiary/aromatic N) is 1. The van der Waals surface area contributed by atoms with E-state index in [1.807, 2.05) is 6.92 Å². The van der Waals surface area contributed by atoms with Crippen molar-refractivity contribution in [2.45, 2.75) is 59.4 Å². The molecular formula is C16H28N2O3. The van der Waals surface area contributed by atoms with Gasteiger partial charge in [-0.2, -0.15) is 0 Å². The molecule has 0 aliphatic carbocycles. The molecule has 120 valence electrons. The zero-order valence-corrected chi connectivity index (χ0v) is 13.8. The van der Waals surface area contributed by atoms with Gasteiger partial charge in [-0.05, 0) is 25.2 Å². The number of urea groups is 1. The fourth-order valence-electron chi connectivity index (χ4n) is 2.57. The third kappa shape index (κ3) is 4.48. The Labute approximate surface area is 127 Å². The largest absolute Gasteiger partial charge is 0.480 e. The molecule has 1 heterocycles. The van der Waals surface area contributed by atoms with E-state index in [1.54, 1.807) is 11.8 Å². The maximum Gasteiger partial charge on any atom is 0.329 e. The number of carbonyl (C=O) groups excluding carboxylic acids is 1. The molecule has 21 heavy (non-hydrogen) atoms. The van der Waals surface area contributed by atoms with Crippen LogP contribution in [0.5, 0.6) is 0 Å². The highest BCUT2D eigenvalue weighted by Crippen LogP contribution is 2.30. The summed E-state index contributed by atoms with van der Waals surface area (Å²) in [6.45, 7) is 11.1. The number of carboxylic acid groups (broad SMARTS) is 1. The lowest BCUT2D eigenvalue weighted by molar-refractivity contribution is -0.144. The van der Waals surface area contributed by atoms with Crippen LogP contribution in [0.4, 0.5) is 4.79 Å². The quantitative estimate of drug-likeness (QED) is 0.783. The number of hydrogen-bond donors (Lipinski definition) is 2. The predicted octanol–water partition coefficient (Wildman–Crippen LogP) is 3.02. The van der Waals surface area contributed by atoms with Gasteiger partial charge in [-0.15, -0.1) is 0 Å². The van der Waals surface area contributed by atoms with E-state index in [2.05, 4.69) is 32.2 Å². The lowest BCUT2D eigenvalue weighted by atomic mass is 9.83. The number of aliphatic carboxylic acids is 1. The van der Waals surface area contributed by atoms with Gasteiger partial charge >= 0.3 is 12.0 Å². The van der Waals surface area contributed by atoms with Crippen LogP contribution in [0, 0.1) is 5.41 Å². The van der Waals surface area contributed by atoms with E-state index in [0.717, 1.165) is 6.42 Å². The van der Waals surface area contributed by atoms with E-state index in [4.69, 9.17) is 0 Å². The normalized spacial score (nSPS) is 18.7. The first kappa shape index (κ1) is 17.5. The van der Waals surface area contributed by atoms with Gasteiger partial charge in [0.2, 0.25) is 0 Å². The molecule has 2 amide bonds. The molecule has 1 aliphatic heterocycles. The van der Waals surface area contributed by atoms with Gasteiger partial charge in [0.15, 0.2) is 0 Å².